The van der Waals surface area contributed by atoms with E-state index < -0.39 is 0 Å². The largest absolute Gasteiger partial charge is 0.397 e. The highest BCUT2D eigenvalue weighted by atomic mass is 32.1. The standard InChI is InChI=1S/C11H13N5OS/c1-16(2)9-4-3-7(5-8(9)12)10(17)14-11-15-13-6-18-11/h3-6H,12H2,1-2H3,(H,14,15,17). The molecule has 0 aliphatic rings. The van der Waals surface area contributed by atoms with Crippen molar-refractivity contribution in [3.8, 4) is 0 Å². The van der Waals surface area contributed by atoms with Gasteiger partial charge in [0.15, 0.2) is 0 Å². The predicted molar refractivity (Wildman–Crippen MR) is 73.0 cm³/mol. The Balaban J connectivity index is 2.19. The van der Waals surface area contributed by atoms with E-state index in [1.807, 2.05) is 25.1 Å². The fourth-order valence-corrected chi connectivity index (χ4v) is 1.94. The Morgan fingerprint density at radius 3 is 2.78 bits per heavy atom. The van der Waals surface area contributed by atoms with Crippen LogP contribution >= 0.6 is 11.3 Å². The zero-order valence-corrected chi connectivity index (χ0v) is 10.9. The lowest BCUT2D eigenvalue weighted by Crippen LogP contribution is -2.14. The molecular formula is C11H13N5OS. The number of anilines is 3. The van der Waals surface area contributed by atoms with E-state index >= 15 is 0 Å². The van der Waals surface area contributed by atoms with Gasteiger partial charge < -0.3 is 10.6 Å². The lowest BCUT2D eigenvalue weighted by Gasteiger charge is -2.15. The first-order chi connectivity index (χ1) is 8.58. The van der Waals surface area contributed by atoms with Crippen LogP contribution in [0.15, 0.2) is 23.7 Å². The van der Waals surface area contributed by atoms with Gasteiger partial charge in [0, 0.05) is 19.7 Å². The summed E-state index contributed by atoms with van der Waals surface area (Å²) < 4.78 is 0. The Hall–Kier alpha value is -2.15. The van der Waals surface area contributed by atoms with E-state index in [4.69, 9.17) is 5.73 Å². The van der Waals surface area contributed by atoms with Crippen molar-refractivity contribution >= 4 is 33.8 Å². The Morgan fingerprint density at radius 2 is 2.22 bits per heavy atom. The number of hydrogen-bond acceptors (Lipinski definition) is 6. The molecule has 0 bridgehead atoms. The van der Waals surface area contributed by atoms with Crippen LogP contribution in [-0.4, -0.2) is 30.2 Å². The first-order valence-corrected chi connectivity index (χ1v) is 6.10. The van der Waals surface area contributed by atoms with Gasteiger partial charge in [0.1, 0.15) is 5.51 Å². The van der Waals surface area contributed by atoms with Crippen molar-refractivity contribution in [2.75, 3.05) is 30.0 Å². The molecule has 0 fully saturated rings. The van der Waals surface area contributed by atoms with Crippen molar-refractivity contribution in [2.45, 2.75) is 0 Å². The summed E-state index contributed by atoms with van der Waals surface area (Å²) in [7, 11) is 3.79. The topological polar surface area (TPSA) is 84.1 Å². The summed E-state index contributed by atoms with van der Waals surface area (Å²) in [6.07, 6.45) is 0. The molecule has 0 radical (unpaired) electrons. The van der Waals surface area contributed by atoms with Crippen LogP contribution in [-0.2, 0) is 0 Å². The van der Waals surface area contributed by atoms with E-state index in [1.54, 1.807) is 17.6 Å². The van der Waals surface area contributed by atoms with E-state index in [0.717, 1.165) is 5.69 Å². The maximum atomic E-state index is 11.9. The molecule has 0 saturated carbocycles. The van der Waals surface area contributed by atoms with Crippen LogP contribution in [0.2, 0.25) is 0 Å². The number of amides is 1. The number of nitrogens with two attached hydrogens (primary N) is 1. The third kappa shape index (κ3) is 2.57. The first kappa shape index (κ1) is 12.3. The third-order valence-corrected chi connectivity index (χ3v) is 2.96. The monoisotopic (exact) mass is 263 g/mol. The second-order valence-electron chi connectivity index (χ2n) is 3.87. The minimum atomic E-state index is -0.247. The van der Waals surface area contributed by atoms with Crippen molar-refractivity contribution in [1.29, 1.82) is 0 Å². The fourth-order valence-electron chi connectivity index (χ4n) is 1.50. The molecule has 1 aromatic carbocycles. The van der Waals surface area contributed by atoms with Crippen LogP contribution < -0.4 is 16.0 Å². The molecule has 1 amide bonds. The molecule has 2 rings (SSSR count). The van der Waals surface area contributed by atoms with Crippen LogP contribution in [0.3, 0.4) is 0 Å². The van der Waals surface area contributed by atoms with Gasteiger partial charge in [-0.25, -0.2) is 0 Å². The molecular weight excluding hydrogens is 250 g/mol. The summed E-state index contributed by atoms with van der Waals surface area (Å²) >= 11 is 1.26. The lowest BCUT2D eigenvalue weighted by molar-refractivity contribution is 0.102. The molecule has 0 atom stereocenters. The molecule has 0 aliphatic heterocycles. The quantitative estimate of drug-likeness (QED) is 0.819. The van der Waals surface area contributed by atoms with Crippen LogP contribution in [0.4, 0.5) is 16.5 Å². The molecule has 0 saturated heterocycles. The van der Waals surface area contributed by atoms with E-state index in [2.05, 4.69) is 15.5 Å². The van der Waals surface area contributed by atoms with Gasteiger partial charge in [0.2, 0.25) is 5.13 Å². The fraction of sp³-hybridized carbons (Fsp3) is 0.182. The summed E-state index contributed by atoms with van der Waals surface area (Å²) in [5, 5.41) is 10.5. The van der Waals surface area contributed by atoms with Gasteiger partial charge in [-0.3, -0.25) is 10.1 Å². The van der Waals surface area contributed by atoms with Crippen molar-refractivity contribution in [3.05, 3.63) is 29.3 Å². The van der Waals surface area contributed by atoms with Gasteiger partial charge in [0.05, 0.1) is 11.4 Å². The summed E-state index contributed by atoms with van der Waals surface area (Å²) in [5.74, 6) is -0.247. The minimum Gasteiger partial charge on any atom is -0.397 e. The second kappa shape index (κ2) is 5.01. The molecule has 94 valence electrons. The Morgan fingerprint density at radius 1 is 1.44 bits per heavy atom. The molecule has 18 heavy (non-hydrogen) atoms. The van der Waals surface area contributed by atoms with Gasteiger partial charge in [-0.1, -0.05) is 11.3 Å². The maximum absolute atomic E-state index is 11.9. The van der Waals surface area contributed by atoms with Crippen molar-refractivity contribution in [2.24, 2.45) is 0 Å². The normalized spacial score (nSPS) is 10.1. The van der Waals surface area contributed by atoms with Crippen molar-refractivity contribution in [3.63, 3.8) is 0 Å². The highest BCUT2D eigenvalue weighted by molar-refractivity contribution is 7.13. The van der Waals surface area contributed by atoms with Gasteiger partial charge in [-0.2, -0.15) is 0 Å². The maximum Gasteiger partial charge on any atom is 0.257 e. The van der Waals surface area contributed by atoms with Crippen LogP contribution in [0.1, 0.15) is 10.4 Å². The van der Waals surface area contributed by atoms with Crippen molar-refractivity contribution in [1.82, 2.24) is 10.2 Å². The highest BCUT2D eigenvalue weighted by Gasteiger charge is 2.10. The Bertz CT molecular complexity index is 553. The molecule has 0 aliphatic carbocycles. The summed E-state index contributed by atoms with van der Waals surface area (Å²) in [4.78, 5) is 13.8. The molecule has 1 aromatic heterocycles. The second-order valence-corrected chi connectivity index (χ2v) is 4.70. The number of benzene rings is 1. The SMILES string of the molecule is CN(C)c1ccc(C(=O)Nc2nncs2)cc1N. The van der Waals surface area contributed by atoms with Gasteiger partial charge in [-0.05, 0) is 18.2 Å². The number of hydrogen-bond donors (Lipinski definition) is 2. The van der Waals surface area contributed by atoms with E-state index in [9.17, 15) is 4.79 Å². The van der Waals surface area contributed by atoms with Crippen LogP contribution in [0, 0.1) is 0 Å². The number of nitrogen functional groups attached to an aromatic ring is 1. The van der Waals surface area contributed by atoms with Gasteiger partial charge in [0.25, 0.3) is 5.91 Å². The van der Waals surface area contributed by atoms with Crippen molar-refractivity contribution < 1.29 is 4.79 Å². The minimum absolute atomic E-state index is 0.247. The molecule has 3 N–H and O–H groups in total. The van der Waals surface area contributed by atoms with Crippen LogP contribution in [0.5, 0.6) is 0 Å². The number of nitrogens with zero attached hydrogens (tertiary/aromatic N) is 3. The Kier molecular flexibility index (Phi) is 3.42. The highest BCUT2D eigenvalue weighted by Crippen LogP contribution is 2.22. The molecule has 7 heteroatoms. The Labute approximate surface area is 108 Å². The molecule has 6 nitrogen and oxygen atoms in total. The molecule has 1 heterocycles. The average molecular weight is 263 g/mol. The summed E-state index contributed by atoms with van der Waals surface area (Å²) in [5.41, 5.74) is 9.37. The molecule has 0 spiro atoms. The lowest BCUT2D eigenvalue weighted by atomic mass is 10.1. The number of aromatic nitrogens is 2. The first-order valence-electron chi connectivity index (χ1n) is 5.22. The number of carbonyl (C=O) groups excluding carboxylic acids is 1. The number of rotatable bonds is 3. The smallest absolute Gasteiger partial charge is 0.257 e. The predicted octanol–water partition coefficient (Wildman–Crippen LogP) is 1.44. The van der Waals surface area contributed by atoms with Gasteiger partial charge in [-0.15, -0.1) is 10.2 Å². The van der Waals surface area contributed by atoms with Crippen LogP contribution in [0.25, 0.3) is 0 Å². The average Bonchev–Trinajstić information content (AvgIpc) is 2.81. The summed E-state index contributed by atoms with van der Waals surface area (Å²) in [6, 6.07) is 5.18. The van der Waals surface area contributed by atoms with E-state index in [1.165, 1.54) is 11.3 Å². The van der Waals surface area contributed by atoms with E-state index in [-0.39, 0.29) is 5.91 Å². The number of carbonyl (C=O) groups is 1. The number of nitrogens with one attached hydrogen (secondary N) is 1. The van der Waals surface area contributed by atoms with E-state index in [0.29, 0.717) is 16.4 Å². The summed E-state index contributed by atoms with van der Waals surface area (Å²) in [6.45, 7) is 0. The zero-order chi connectivity index (χ0) is 13.1. The third-order valence-electron chi connectivity index (χ3n) is 2.35. The molecule has 2 aromatic rings. The van der Waals surface area contributed by atoms with Gasteiger partial charge >= 0.3 is 0 Å². The zero-order valence-electron chi connectivity index (χ0n) is 10.0. The molecule has 0 unspecified atom stereocenters.